The minimum Gasteiger partial charge on any atom is -0.458 e. The molecule has 3 nitrogen and oxygen atoms in total. The first kappa shape index (κ1) is 17.5. The van der Waals surface area contributed by atoms with E-state index in [-0.39, 0.29) is 29.7 Å². The minimum absolute atomic E-state index is 0.00853. The molecule has 0 saturated carbocycles. The van der Waals surface area contributed by atoms with Gasteiger partial charge in [0.2, 0.25) is 0 Å². The second-order valence-electron chi connectivity index (χ2n) is 6.07. The van der Waals surface area contributed by atoms with Crippen molar-refractivity contribution in [2.24, 2.45) is 11.8 Å². The molecule has 3 heteroatoms. The molecule has 0 aromatic carbocycles. The maximum absolute atomic E-state index is 12.0. The third-order valence-corrected chi connectivity index (χ3v) is 4.22. The fourth-order valence-electron chi connectivity index (χ4n) is 2.89. The van der Waals surface area contributed by atoms with E-state index >= 15 is 0 Å². The number of allylic oxidation sites excluding steroid dienone is 6. The van der Waals surface area contributed by atoms with Crippen LogP contribution in [0.3, 0.4) is 0 Å². The van der Waals surface area contributed by atoms with Gasteiger partial charge in [-0.3, -0.25) is 9.59 Å². The van der Waals surface area contributed by atoms with Gasteiger partial charge in [-0.15, -0.1) is 0 Å². The zero-order valence-corrected chi connectivity index (χ0v) is 13.8. The van der Waals surface area contributed by atoms with Crippen molar-refractivity contribution in [3.05, 3.63) is 48.6 Å². The summed E-state index contributed by atoms with van der Waals surface area (Å²) in [5.74, 6) is 0.139. The van der Waals surface area contributed by atoms with Gasteiger partial charge in [-0.2, -0.15) is 0 Å². The van der Waals surface area contributed by atoms with E-state index in [0.717, 1.165) is 25.7 Å². The van der Waals surface area contributed by atoms with E-state index in [0.29, 0.717) is 12.8 Å². The molecule has 1 aliphatic heterocycles. The SMILES string of the molecule is CCC=CCC1C=CC2C=CC(=O)C2CC=CCCCC(=O)O1. The van der Waals surface area contributed by atoms with Gasteiger partial charge >= 0.3 is 5.97 Å². The van der Waals surface area contributed by atoms with Crippen molar-refractivity contribution in [2.75, 3.05) is 0 Å². The van der Waals surface area contributed by atoms with Gasteiger partial charge in [0.25, 0.3) is 0 Å². The highest BCUT2D eigenvalue weighted by molar-refractivity contribution is 5.95. The molecule has 2 rings (SSSR count). The Balaban J connectivity index is 2.11. The van der Waals surface area contributed by atoms with Crippen LogP contribution in [0.15, 0.2) is 48.6 Å². The first-order valence-corrected chi connectivity index (χ1v) is 8.60. The smallest absolute Gasteiger partial charge is 0.306 e. The first-order valence-electron chi connectivity index (χ1n) is 8.60. The molecular weight excluding hydrogens is 288 g/mol. The van der Waals surface area contributed by atoms with Crippen LogP contribution in [0.1, 0.15) is 45.4 Å². The standard InChI is InChI=1S/C20H26O3/c1-2-3-6-9-17-14-12-16-13-15-19(21)18(16)10-7-4-5-8-11-20(22)23-17/h3-4,6-7,12-18H,2,5,8-11H2,1H3. The third kappa shape index (κ3) is 5.66. The van der Waals surface area contributed by atoms with Crippen LogP contribution in [0.25, 0.3) is 0 Å². The number of rotatable bonds is 3. The Morgan fingerprint density at radius 3 is 2.87 bits per heavy atom. The third-order valence-electron chi connectivity index (χ3n) is 4.22. The number of ketones is 1. The van der Waals surface area contributed by atoms with E-state index in [9.17, 15) is 9.59 Å². The largest absolute Gasteiger partial charge is 0.458 e. The maximum atomic E-state index is 12.0. The molecule has 0 bridgehead atoms. The summed E-state index contributed by atoms with van der Waals surface area (Å²) in [6, 6.07) is 0. The molecule has 0 amide bonds. The monoisotopic (exact) mass is 314 g/mol. The Morgan fingerprint density at radius 2 is 2.04 bits per heavy atom. The Labute approximate surface area is 138 Å². The van der Waals surface area contributed by atoms with E-state index in [2.05, 4.69) is 31.2 Å². The number of ether oxygens (including phenoxy) is 1. The van der Waals surface area contributed by atoms with Crippen molar-refractivity contribution in [1.82, 2.24) is 0 Å². The van der Waals surface area contributed by atoms with Crippen molar-refractivity contribution < 1.29 is 14.3 Å². The summed E-state index contributed by atoms with van der Waals surface area (Å²) < 4.78 is 5.58. The second-order valence-corrected chi connectivity index (χ2v) is 6.07. The van der Waals surface area contributed by atoms with Gasteiger partial charge in [0, 0.05) is 24.7 Å². The molecule has 1 heterocycles. The summed E-state index contributed by atoms with van der Waals surface area (Å²) in [4.78, 5) is 23.9. The zero-order valence-electron chi connectivity index (χ0n) is 13.8. The molecule has 3 atom stereocenters. The van der Waals surface area contributed by atoms with Gasteiger partial charge in [0.15, 0.2) is 5.78 Å². The number of hydrogen-bond acceptors (Lipinski definition) is 3. The molecule has 0 spiro atoms. The Kier molecular flexibility index (Phi) is 7.05. The quantitative estimate of drug-likeness (QED) is 0.576. The Morgan fingerprint density at radius 1 is 1.17 bits per heavy atom. The van der Waals surface area contributed by atoms with E-state index < -0.39 is 0 Å². The number of cyclic esters (lactones) is 1. The molecular formula is C20H26O3. The Hall–Kier alpha value is -1.90. The molecule has 3 unspecified atom stereocenters. The number of carbonyl (C=O) groups excluding carboxylic acids is 2. The van der Waals surface area contributed by atoms with Gasteiger partial charge in [0.05, 0.1) is 0 Å². The van der Waals surface area contributed by atoms with Crippen molar-refractivity contribution in [1.29, 1.82) is 0 Å². The molecule has 0 N–H and O–H groups in total. The first-order chi connectivity index (χ1) is 11.2. The van der Waals surface area contributed by atoms with E-state index in [1.54, 1.807) is 6.08 Å². The lowest BCUT2D eigenvalue weighted by molar-refractivity contribution is -0.146. The Bertz CT molecular complexity index is 525. The maximum Gasteiger partial charge on any atom is 0.306 e. The summed E-state index contributed by atoms with van der Waals surface area (Å²) in [5.41, 5.74) is 0. The van der Waals surface area contributed by atoms with Crippen LogP contribution in [-0.2, 0) is 14.3 Å². The van der Waals surface area contributed by atoms with Gasteiger partial charge in [0.1, 0.15) is 6.10 Å². The molecule has 1 aliphatic carbocycles. The predicted molar refractivity (Wildman–Crippen MR) is 91.8 cm³/mol. The van der Waals surface area contributed by atoms with Gasteiger partial charge in [-0.05, 0) is 37.8 Å². The number of hydrogen-bond donors (Lipinski definition) is 0. The topological polar surface area (TPSA) is 43.4 Å². The summed E-state index contributed by atoms with van der Waals surface area (Å²) in [6.45, 7) is 2.08. The number of fused-ring (bicyclic) bond motifs is 1. The molecule has 2 aliphatic rings. The van der Waals surface area contributed by atoms with Gasteiger partial charge < -0.3 is 4.74 Å². The van der Waals surface area contributed by atoms with Gasteiger partial charge in [-0.25, -0.2) is 0 Å². The fraction of sp³-hybridized carbons (Fsp3) is 0.500. The minimum atomic E-state index is -0.247. The number of carbonyl (C=O) groups is 2. The molecule has 0 fully saturated rings. The zero-order chi connectivity index (χ0) is 16.5. The van der Waals surface area contributed by atoms with E-state index in [1.165, 1.54) is 0 Å². The molecule has 0 aromatic rings. The lowest BCUT2D eigenvalue weighted by atomic mass is 9.90. The highest BCUT2D eigenvalue weighted by Gasteiger charge is 2.27. The second kappa shape index (κ2) is 9.29. The number of esters is 1. The summed E-state index contributed by atoms with van der Waals surface area (Å²) in [5, 5.41) is 0. The summed E-state index contributed by atoms with van der Waals surface area (Å²) >= 11 is 0. The van der Waals surface area contributed by atoms with Crippen LogP contribution in [0, 0.1) is 11.8 Å². The van der Waals surface area contributed by atoms with E-state index in [1.807, 2.05) is 18.2 Å². The average Bonchev–Trinajstić information content (AvgIpc) is 2.88. The molecule has 0 aromatic heterocycles. The van der Waals surface area contributed by atoms with Gasteiger partial charge in [-0.1, -0.05) is 43.4 Å². The van der Waals surface area contributed by atoms with Crippen molar-refractivity contribution in [2.45, 2.75) is 51.6 Å². The lowest BCUT2D eigenvalue weighted by Crippen LogP contribution is -2.17. The van der Waals surface area contributed by atoms with E-state index in [4.69, 9.17) is 4.74 Å². The fourth-order valence-corrected chi connectivity index (χ4v) is 2.89. The lowest BCUT2D eigenvalue weighted by Gasteiger charge is -2.15. The average molecular weight is 314 g/mol. The highest BCUT2D eigenvalue weighted by atomic mass is 16.5. The molecule has 23 heavy (non-hydrogen) atoms. The molecule has 0 radical (unpaired) electrons. The van der Waals surface area contributed by atoms with Crippen LogP contribution in [0.2, 0.25) is 0 Å². The van der Waals surface area contributed by atoms with Crippen LogP contribution in [0.4, 0.5) is 0 Å². The van der Waals surface area contributed by atoms with Crippen LogP contribution < -0.4 is 0 Å². The van der Waals surface area contributed by atoms with Crippen LogP contribution in [0.5, 0.6) is 0 Å². The van der Waals surface area contributed by atoms with Crippen LogP contribution >= 0.6 is 0 Å². The highest BCUT2D eigenvalue weighted by Crippen LogP contribution is 2.28. The van der Waals surface area contributed by atoms with Crippen molar-refractivity contribution in [3.8, 4) is 0 Å². The normalized spacial score (nSPS) is 29.0. The van der Waals surface area contributed by atoms with Crippen molar-refractivity contribution >= 4 is 11.8 Å². The van der Waals surface area contributed by atoms with Crippen LogP contribution in [-0.4, -0.2) is 17.9 Å². The molecule has 124 valence electrons. The predicted octanol–water partition coefficient (Wildman–Crippen LogP) is 4.31. The summed E-state index contributed by atoms with van der Waals surface area (Å²) in [7, 11) is 0. The molecule has 0 saturated heterocycles. The van der Waals surface area contributed by atoms with Crippen molar-refractivity contribution in [3.63, 3.8) is 0 Å². The summed E-state index contributed by atoms with van der Waals surface area (Å²) in [6.07, 6.45) is 20.1.